The minimum Gasteiger partial charge on any atom is -0.330 e. The molecule has 1 aromatic heterocycles. The molecule has 0 bridgehead atoms. The minimum atomic E-state index is -0.292. The molecule has 0 saturated heterocycles. The molecule has 0 unspecified atom stereocenters. The lowest BCUT2D eigenvalue weighted by Crippen LogP contribution is -2.02. The van der Waals surface area contributed by atoms with Gasteiger partial charge in [-0.05, 0) is 30.8 Å². The summed E-state index contributed by atoms with van der Waals surface area (Å²) in [4.78, 5) is 0. The van der Waals surface area contributed by atoms with Gasteiger partial charge >= 0.3 is 0 Å². The highest BCUT2D eigenvalue weighted by atomic mass is 79.9. The third-order valence-corrected chi connectivity index (χ3v) is 2.74. The molecular weight excluding hydrogens is 273 g/mol. The summed E-state index contributed by atoms with van der Waals surface area (Å²) in [5, 5.41) is 6.90. The second-order valence-electron chi connectivity index (χ2n) is 3.44. The molecule has 3 nitrogen and oxygen atoms in total. The lowest BCUT2D eigenvalue weighted by molar-refractivity contribution is 0.630. The first-order valence-electron chi connectivity index (χ1n) is 4.90. The van der Waals surface area contributed by atoms with Gasteiger partial charge in [0, 0.05) is 22.2 Å². The van der Waals surface area contributed by atoms with Gasteiger partial charge in [-0.1, -0.05) is 15.9 Å². The summed E-state index contributed by atoms with van der Waals surface area (Å²) in [7, 11) is 0. The molecule has 0 atom stereocenters. The van der Waals surface area contributed by atoms with Crippen molar-refractivity contribution in [1.29, 1.82) is 0 Å². The summed E-state index contributed by atoms with van der Waals surface area (Å²) in [6.07, 6.45) is 0.713. The van der Waals surface area contributed by atoms with Crippen LogP contribution in [0.2, 0.25) is 0 Å². The van der Waals surface area contributed by atoms with Gasteiger partial charge in [0.05, 0.1) is 5.69 Å². The number of aromatic amines is 1. The van der Waals surface area contributed by atoms with Gasteiger partial charge in [-0.2, -0.15) is 5.10 Å². The normalized spacial score (nSPS) is 10.7. The zero-order valence-electron chi connectivity index (χ0n) is 8.50. The van der Waals surface area contributed by atoms with E-state index in [0.29, 0.717) is 28.7 Å². The van der Waals surface area contributed by atoms with Gasteiger partial charge in [0.25, 0.3) is 0 Å². The average Bonchev–Trinajstić information content (AvgIpc) is 2.67. The molecule has 16 heavy (non-hydrogen) atoms. The second kappa shape index (κ2) is 4.76. The maximum absolute atomic E-state index is 13.6. The van der Waals surface area contributed by atoms with E-state index >= 15 is 0 Å². The van der Waals surface area contributed by atoms with E-state index in [4.69, 9.17) is 5.73 Å². The topological polar surface area (TPSA) is 54.7 Å². The molecule has 0 amide bonds. The summed E-state index contributed by atoms with van der Waals surface area (Å²) >= 11 is 3.21. The largest absolute Gasteiger partial charge is 0.330 e. The molecule has 0 radical (unpaired) electrons. The number of rotatable bonds is 3. The molecule has 0 saturated carbocycles. The molecule has 0 spiro atoms. The van der Waals surface area contributed by atoms with Gasteiger partial charge in [-0.25, -0.2) is 4.39 Å². The molecule has 0 fully saturated rings. The predicted molar refractivity (Wildman–Crippen MR) is 64.4 cm³/mol. The SMILES string of the molecule is NCCc1cc(-c2ccc(Br)cc2F)n[nH]1. The van der Waals surface area contributed by atoms with Gasteiger partial charge in [-0.3, -0.25) is 5.10 Å². The Bertz CT molecular complexity index is 496. The van der Waals surface area contributed by atoms with E-state index in [9.17, 15) is 4.39 Å². The minimum absolute atomic E-state index is 0.292. The van der Waals surface area contributed by atoms with E-state index in [2.05, 4.69) is 26.1 Å². The van der Waals surface area contributed by atoms with Crippen LogP contribution in [0.3, 0.4) is 0 Å². The molecule has 1 aromatic carbocycles. The fourth-order valence-corrected chi connectivity index (χ4v) is 1.81. The van der Waals surface area contributed by atoms with E-state index in [0.717, 1.165) is 5.69 Å². The second-order valence-corrected chi connectivity index (χ2v) is 4.36. The average molecular weight is 284 g/mol. The first kappa shape index (κ1) is 11.3. The lowest BCUT2D eigenvalue weighted by Gasteiger charge is -1.98. The summed E-state index contributed by atoms with van der Waals surface area (Å²) in [6.45, 7) is 0.546. The van der Waals surface area contributed by atoms with E-state index in [-0.39, 0.29) is 5.82 Å². The highest BCUT2D eigenvalue weighted by Crippen LogP contribution is 2.24. The van der Waals surface area contributed by atoms with Crippen molar-refractivity contribution in [3.63, 3.8) is 0 Å². The van der Waals surface area contributed by atoms with Crippen LogP contribution < -0.4 is 5.73 Å². The van der Waals surface area contributed by atoms with Gasteiger partial charge in [-0.15, -0.1) is 0 Å². The fraction of sp³-hybridized carbons (Fsp3) is 0.182. The van der Waals surface area contributed by atoms with Crippen LogP contribution in [0, 0.1) is 5.82 Å². The fourth-order valence-electron chi connectivity index (χ4n) is 1.48. The standard InChI is InChI=1S/C11H11BrFN3/c12-7-1-2-9(10(13)5-7)11-6-8(3-4-14)15-16-11/h1-2,5-6H,3-4,14H2,(H,15,16). The smallest absolute Gasteiger partial charge is 0.133 e. The Balaban J connectivity index is 2.35. The maximum Gasteiger partial charge on any atom is 0.133 e. The number of hydrogen-bond donors (Lipinski definition) is 2. The van der Waals surface area contributed by atoms with Crippen molar-refractivity contribution in [3.05, 3.63) is 40.2 Å². The quantitative estimate of drug-likeness (QED) is 0.909. The summed E-state index contributed by atoms with van der Waals surface area (Å²) in [5.74, 6) is -0.292. The van der Waals surface area contributed by atoms with Gasteiger partial charge in [0.2, 0.25) is 0 Å². The number of nitrogens with one attached hydrogen (secondary N) is 1. The predicted octanol–water partition coefficient (Wildman–Crippen LogP) is 2.48. The highest BCUT2D eigenvalue weighted by Gasteiger charge is 2.09. The van der Waals surface area contributed by atoms with E-state index in [1.807, 2.05) is 6.07 Å². The number of benzene rings is 1. The van der Waals surface area contributed by atoms with Crippen LogP contribution in [0.25, 0.3) is 11.3 Å². The van der Waals surface area contributed by atoms with Crippen LogP contribution in [-0.2, 0) is 6.42 Å². The number of aromatic nitrogens is 2. The van der Waals surface area contributed by atoms with Crippen molar-refractivity contribution in [2.45, 2.75) is 6.42 Å². The van der Waals surface area contributed by atoms with E-state index < -0.39 is 0 Å². The molecule has 0 aliphatic carbocycles. The molecule has 1 heterocycles. The third kappa shape index (κ3) is 2.31. The molecule has 0 aliphatic rings. The van der Waals surface area contributed by atoms with Crippen molar-refractivity contribution in [2.75, 3.05) is 6.54 Å². The Hall–Kier alpha value is -1.20. The number of H-pyrrole nitrogens is 1. The van der Waals surface area contributed by atoms with Gasteiger partial charge < -0.3 is 5.73 Å². The summed E-state index contributed by atoms with van der Waals surface area (Å²) < 4.78 is 14.3. The number of nitrogens with two attached hydrogens (primary N) is 1. The van der Waals surface area contributed by atoms with Gasteiger partial charge in [0.1, 0.15) is 5.82 Å². The Morgan fingerprint density at radius 2 is 2.19 bits per heavy atom. The van der Waals surface area contributed by atoms with Crippen LogP contribution in [0.5, 0.6) is 0 Å². The molecule has 84 valence electrons. The Kier molecular flexibility index (Phi) is 3.36. The molecule has 0 aliphatic heterocycles. The Morgan fingerprint density at radius 3 is 2.88 bits per heavy atom. The monoisotopic (exact) mass is 283 g/mol. The van der Waals surface area contributed by atoms with Crippen molar-refractivity contribution < 1.29 is 4.39 Å². The summed E-state index contributed by atoms with van der Waals surface area (Å²) in [5.41, 5.74) is 7.44. The summed E-state index contributed by atoms with van der Waals surface area (Å²) in [6, 6.07) is 6.73. The molecule has 3 N–H and O–H groups in total. The van der Waals surface area contributed by atoms with E-state index in [1.165, 1.54) is 6.07 Å². The van der Waals surface area contributed by atoms with Crippen LogP contribution in [-0.4, -0.2) is 16.7 Å². The van der Waals surface area contributed by atoms with Crippen molar-refractivity contribution in [3.8, 4) is 11.3 Å². The van der Waals surface area contributed by atoms with E-state index in [1.54, 1.807) is 12.1 Å². The molecule has 2 aromatic rings. The maximum atomic E-state index is 13.6. The van der Waals surface area contributed by atoms with Crippen LogP contribution in [0.1, 0.15) is 5.69 Å². The van der Waals surface area contributed by atoms with Crippen LogP contribution >= 0.6 is 15.9 Å². The third-order valence-electron chi connectivity index (χ3n) is 2.25. The van der Waals surface area contributed by atoms with Crippen LogP contribution in [0.15, 0.2) is 28.7 Å². The van der Waals surface area contributed by atoms with Crippen molar-refractivity contribution in [1.82, 2.24) is 10.2 Å². The first-order chi connectivity index (χ1) is 7.70. The number of nitrogens with zero attached hydrogens (tertiary/aromatic N) is 1. The first-order valence-corrected chi connectivity index (χ1v) is 5.70. The van der Waals surface area contributed by atoms with Crippen molar-refractivity contribution >= 4 is 15.9 Å². The Labute approximate surface area is 101 Å². The van der Waals surface area contributed by atoms with Crippen molar-refractivity contribution in [2.24, 2.45) is 5.73 Å². The zero-order chi connectivity index (χ0) is 11.5. The lowest BCUT2D eigenvalue weighted by atomic mass is 10.1. The molecular formula is C11H11BrFN3. The van der Waals surface area contributed by atoms with Crippen LogP contribution in [0.4, 0.5) is 4.39 Å². The number of halogens is 2. The zero-order valence-corrected chi connectivity index (χ0v) is 10.1. The van der Waals surface area contributed by atoms with Gasteiger partial charge in [0.15, 0.2) is 0 Å². The highest BCUT2D eigenvalue weighted by molar-refractivity contribution is 9.10. The molecule has 2 rings (SSSR count). The Morgan fingerprint density at radius 1 is 1.38 bits per heavy atom. The number of hydrogen-bond acceptors (Lipinski definition) is 2. The molecule has 5 heteroatoms.